The summed E-state index contributed by atoms with van der Waals surface area (Å²) in [4.78, 5) is 49.2. The van der Waals surface area contributed by atoms with Gasteiger partial charge in [-0.05, 0) is 272 Å². The maximum Gasteiger partial charge on any atom is 0.407 e. The standard InChI is InChI=1S/C77H110N8O8/c1-46(14-24-69(86)87)58-22-23-59-56-21-18-52-37-49(26-30-74(52,7)60(56)28-32-75(58,59)8)42-83-43-65(79-81-83)50-16-19-54-55-20-17-51(39-68(55)85(67(54)38-50)35-13-11-12-34-78-72(91)93-73(4,5)6)66-44-84(82-80-66)45-71(90)92-53-27-31-76(9)61-29-33-77(10)63(47(2)15-25-70(88)89)41-64(77)57(61)36-48(3)62(76)40-53/h16-17,19-20,38-39,43-44,46-49,52-53,56-64H,11-15,18,21-37,40-42,45H2,1-10H3,(H,78,91)(H,86,87)(H,88,89)/t46-,47-,48+,49?,52?,53?,56?,57-,58?,59?,60?,61?,62+,63?,64?,74?,75?,76?,77?/m1/s1. The average Bonchev–Trinajstić information content (AvgIpc) is 1.33. The number of nitrogens with zero attached hydrogens (tertiary/aromatic N) is 7. The lowest BCUT2D eigenvalue weighted by molar-refractivity contribution is -0.211. The number of alkyl carbamates (subject to hydrolysis) is 1. The quantitative estimate of drug-likeness (QED) is 0.0464. The second kappa shape index (κ2) is 25.6. The van der Waals surface area contributed by atoms with E-state index in [1.165, 1.54) is 83.5 Å². The zero-order valence-electron chi connectivity index (χ0n) is 57.8. The molecule has 5 aromatic rings. The summed E-state index contributed by atoms with van der Waals surface area (Å²) in [7, 11) is 0. The Hall–Kier alpha value is -5.80. The van der Waals surface area contributed by atoms with Gasteiger partial charge in [0.2, 0.25) is 0 Å². The number of carboxylic acids is 2. The second-order valence-corrected chi connectivity index (χ2v) is 34.1. The monoisotopic (exact) mass is 1270 g/mol. The number of ether oxygens (including phenoxy) is 2. The Morgan fingerprint density at radius 2 is 1.24 bits per heavy atom. The number of nitrogens with one attached hydrogen (secondary N) is 1. The van der Waals surface area contributed by atoms with Gasteiger partial charge in [-0.3, -0.25) is 19.1 Å². The molecule has 0 radical (unpaired) electrons. The third kappa shape index (κ3) is 12.6. The van der Waals surface area contributed by atoms with Gasteiger partial charge >= 0.3 is 24.0 Å². The molecule has 16 heteroatoms. The van der Waals surface area contributed by atoms with Crippen LogP contribution in [0.4, 0.5) is 4.79 Å². The summed E-state index contributed by atoms with van der Waals surface area (Å²) < 4.78 is 18.0. The Labute approximate surface area is 552 Å². The molecule has 8 aliphatic carbocycles. The second-order valence-electron chi connectivity index (χ2n) is 34.1. The van der Waals surface area contributed by atoms with Gasteiger partial charge in [0.15, 0.2) is 0 Å². The van der Waals surface area contributed by atoms with E-state index in [2.05, 4.69) is 116 Å². The maximum absolute atomic E-state index is 13.8. The van der Waals surface area contributed by atoms with Crippen LogP contribution in [-0.4, -0.2) is 87.0 Å². The van der Waals surface area contributed by atoms with E-state index in [0.717, 1.165) is 139 Å². The van der Waals surface area contributed by atoms with Crippen LogP contribution in [0, 0.1) is 105 Å². The Morgan fingerprint density at radius 1 is 0.634 bits per heavy atom. The van der Waals surface area contributed by atoms with E-state index in [0.29, 0.717) is 75.8 Å². The van der Waals surface area contributed by atoms with Gasteiger partial charge in [-0.1, -0.05) is 83.2 Å². The number of amides is 1. The van der Waals surface area contributed by atoms with Gasteiger partial charge in [0.05, 0.1) is 12.4 Å². The van der Waals surface area contributed by atoms with Crippen LogP contribution in [0.1, 0.15) is 217 Å². The zero-order chi connectivity index (χ0) is 65.5. The smallest absolute Gasteiger partial charge is 0.407 e. The van der Waals surface area contributed by atoms with E-state index < -0.39 is 23.6 Å². The summed E-state index contributed by atoms with van der Waals surface area (Å²) in [5.74, 6) is 7.46. The van der Waals surface area contributed by atoms with Crippen LogP contribution in [0.5, 0.6) is 0 Å². The number of rotatable bonds is 21. The number of aromatic nitrogens is 7. The van der Waals surface area contributed by atoms with Gasteiger partial charge in [0.25, 0.3) is 0 Å². The van der Waals surface area contributed by atoms with E-state index in [1.807, 2.05) is 27.0 Å². The molecule has 16 nitrogen and oxygen atoms in total. The summed E-state index contributed by atoms with van der Waals surface area (Å²) in [6.07, 6.45) is 27.8. The number of benzene rings is 2. The molecule has 13 rings (SSSR count). The lowest BCUT2D eigenvalue weighted by Crippen LogP contribution is -2.62. The highest BCUT2D eigenvalue weighted by Gasteiger charge is 2.65. The number of carboxylic acid groups (broad SMARTS) is 2. The van der Waals surface area contributed by atoms with E-state index in [4.69, 9.17) is 19.8 Å². The first kappa shape index (κ1) is 65.8. The Kier molecular flexibility index (Phi) is 18.2. The zero-order valence-corrected chi connectivity index (χ0v) is 57.8. The average molecular weight is 1280 g/mol. The summed E-state index contributed by atoms with van der Waals surface area (Å²) in [6.45, 7) is 25.2. The highest BCUT2D eigenvalue weighted by atomic mass is 16.6. The third-order valence-corrected chi connectivity index (χ3v) is 27.9. The Morgan fingerprint density at radius 3 is 1.90 bits per heavy atom. The minimum Gasteiger partial charge on any atom is -0.481 e. The van der Waals surface area contributed by atoms with Crippen LogP contribution in [0.3, 0.4) is 0 Å². The number of unbranched alkanes of at least 4 members (excludes halogenated alkanes) is 2. The number of esters is 1. The minimum atomic E-state index is -0.682. The SMILES string of the molecule is C[C@H](CCC(=O)O)C1CCC2C3CCC4CC(Cn5cc(-c6ccc7c8ccc(-c9cn(CC(=O)OC%10CCC%11(C)C%12CCC%13(C)C(CC%13[C@H](C)CCC(=O)O)[C@@H]%12C[C@H](C)[C@@H]%11C%10)nn9)cc8n(CCCCCNC(=O)OC(C)(C)C)c7c6)nn5)CCC4(C)C3CCC21C. The van der Waals surface area contributed by atoms with Crippen LogP contribution in [0.2, 0.25) is 0 Å². The maximum atomic E-state index is 13.8. The van der Waals surface area contributed by atoms with Crippen molar-refractivity contribution in [2.24, 2.45) is 105 Å². The van der Waals surface area contributed by atoms with Crippen molar-refractivity contribution in [3.05, 3.63) is 48.8 Å². The number of aryl methyl sites for hydroxylation is 1. The van der Waals surface area contributed by atoms with E-state index >= 15 is 0 Å². The molecular weight excluding hydrogens is 1160 g/mol. The van der Waals surface area contributed by atoms with E-state index in [-0.39, 0.29) is 36.9 Å². The number of aliphatic carboxylic acids is 2. The molecule has 8 fully saturated rings. The van der Waals surface area contributed by atoms with Crippen LogP contribution in [-0.2, 0) is 43.5 Å². The predicted molar refractivity (Wildman–Crippen MR) is 361 cm³/mol. The van der Waals surface area contributed by atoms with Gasteiger partial charge in [-0.2, -0.15) is 0 Å². The Bertz CT molecular complexity index is 3560. The number of carbonyl (C=O) groups excluding carboxylic acids is 2. The largest absolute Gasteiger partial charge is 0.481 e. The molecule has 0 aliphatic heterocycles. The van der Waals surface area contributed by atoms with Crippen LogP contribution >= 0.6 is 0 Å². The number of hydrogen-bond donors (Lipinski definition) is 3. The van der Waals surface area contributed by atoms with Crippen molar-refractivity contribution in [1.29, 1.82) is 0 Å². The summed E-state index contributed by atoms with van der Waals surface area (Å²) >= 11 is 0. The summed E-state index contributed by atoms with van der Waals surface area (Å²) in [5.41, 5.74) is 6.46. The van der Waals surface area contributed by atoms with Crippen molar-refractivity contribution in [2.45, 2.75) is 248 Å². The van der Waals surface area contributed by atoms with Crippen molar-refractivity contribution in [3.63, 3.8) is 0 Å². The van der Waals surface area contributed by atoms with Gasteiger partial charge in [0, 0.05) is 65.4 Å². The van der Waals surface area contributed by atoms with Crippen LogP contribution in [0.15, 0.2) is 48.8 Å². The molecule has 2 aromatic carbocycles. The van der Waals surface area contributed by atoms with Crippen molar-refractivity contribution in [3.8, 4) is 22.5 Å². The van der Waals surface area contributed by atoms with E-state index in [9.17, 15) is 29.4 Å². The molecule has 14 unspecified atom stereocenters. The molecule has 3 N–H and O–H groups in total. The summed E-state index contributed by atoms with van der Waals surface area (Å²) in [5, 5.41) is 42.8. The molecule has 0 spiro atoms. The molecular formula is C77H110N8O8. The van der Waals surface area contributed by atoms with Gasteiger partial charge in [0.1, 0.15) is 29.6 Å². The molecule has 93 heavy (non-hydrogen) atoms. The summed E-state index contributed by atoms with van der Waals surface area (Å²) in [6, 6.07) is 13.2. The molecule has 19 atom stereocenters. The highest BCUT2D eigenvalue weighted by molar-refractivity contribution is 6.10. The molecule has 0 saturated heterocycles. The number of fused-ring (bicyclic) bond motifs is 13. The lowest BCUT2D eigenvalue weighted by Gasteiger charge is -2.69. The third-order valence-electron chi connectivity index (χ3n) is 27.9. The normalized spacial score (nSPS) is 35.2. The topological polar surface area (TPSA) is 206 Å². The van der Waals surface area contributed by atoms with Crippen molar-refractivity contribution in [1.82, 2.24) is 39.9 Å². The molecule has 3 heterocycles. The van der Waals surface area contributed by atoms with Crippen LogP contribution < -0.4 is 5.32 Å². The first-order chi connectivity index (χ1) is 44.3. The van der Waals surface area contributed by atoms with E-state index in [1.54, 1.807) is 4.68 Å². The number of carbonyl (C=O) groups is 4. The first-order valence-corrected chi connectivity index (χ1v) is 36.8. The molecule has 0 bridgehead atoms. The fraction of sp³-hybridized carbons (Fsp3) is 0.740. The minimum absolute atomic E-state index is 0.000329. The fourth-order valence-corrected chi connectivity index (χ4v) is 23.3. The number of hydrogen-bond acceptors (Lipinski definition) is 10. The predicted octanol–water partition coefficient (Wildman–Crippen LogP) is 16.7. The van der Waals surface area contributed by atoms with Gasteiger partial charge in [-0.25, -0.2) is 9.48 Å². The molecule has 8 aliphatic rings. The van der Waals surface area contributed by atoms with Gasteiger partial charge in [-0.15, -0.1) is 10.2 Å². The van der Waals surface area contributed by atoms with Crippen molar-refractivity contribution < 1.29 is 38.9 Å². The fourth-order valence-electron chi connectivity index (χ4n) is 23.3. The van der Waals surface area contributed by atoms with Crippen molar-refractivity contribution in [2.75, 3.05) is 6.54 Å². The Balaban J connectivity index is 0.659. The molecule has 1 amide bonds. The lowest BCUT2D eigenvalue weighted by atomic mass is 9.36. The van der Waals surface area contributed by atoms with Crippen molar-refractivity contribution >= 4 is 45.8 Å². The molecule has 506 valence electrons. The van der Waals surface area contributed by atoms with Crippen LogP contribution in [0.25, 0.3) is 44.3 Å². The first-order valence-electron chi connectivity index (χ1n) is 36.8. The highest BCUT2D eigenvalue weighted by Crippen LogP contribution is 2.72. The van der Waals surface area contributed by atoms with Gasteiger partial charge < -0.3 is 29.6 Å². The molecule has 8 saturated carbocycles. The molecule has 3 aromatic heterocycles.